The maximum absolute atomic E-state index is 14.1. The fraction of sp³-hybridized carbons (Fsp3) is 0.441. The molecule has 0 spiro atoms. The number of carbonyl (C=O) groups excluding carboxylic acids is 5. The van der Waals surface area contributed by atoms with E-state index < -0.39 is 41.0 Å². The number of ether oxygens (including phenoxy) is 1. The smallest absolute Gasteiger partial charge is 0.340 e. The molecular formula is C59H72N8O9S. The van der Waals surface area contributed by atoms with Gasteiger partial charge in [-0.25, -0.2) is 19.7 Å². The summed E-state index contributed by atoms with van der Waals surface area (Å²) in [6, 6.07) is 20.3. The van der Waals surface area contributed by atoms with Crippen molar-refractivity contribution in [3.05, 3.63) is 129 Å². The van der Waals surface area contributed by atoms with Crippen LogP contribution in [0.1, 0.15) is 139 Å². The number of anilines is 1. The summed E-state index contributed by atoms with van der Waals surface area (Å²) < 4.78 is 11.4. The Bertz CT molecular complexity index is 3050. The zero-order chi connectivity index (χ0) is 55.1. The summed E-state index contributed by atoms with van der Waals surface area (Å²) in [6.07, 6.45) is 10.6. The van der Waals surface area contributed by atoms with Gasteiger partial charge >= 0.3 is 11.6 Å². The highest BCUT2D eigenvalue weighted by molar-refractivity contribution is 7.13. The second-order valence-electron chi connectivity index (χ2n) is 21.0. The lowest BCUT2D eigenvalue weighted by Gasteiger charge is -2.35. The molecule has 6 aromatic rings. The molecule has 18 heteroatoms. The Morgan fingerprint density at radius 3 is 2.22 bits per heavy atom. The van der Waals surface area contributed by atoms with Crippen molar-refractivity contribution in [3.8, 4) is 22.2 Å². The number of fused-ring (bicyclic) bond motifs is 1. The van der Waals surface area contributed by atoms with Crippen LogP contribution in [0.25, 0.3) is 21.4 Å². The number of aliphatic hydroxyl groups excluding tert-OH is 1. The van der Waals surface area contributed by atoms with E-state index in [-0.39, 0.29) is 55.6 Å². The molecule has 7 rings (SSSR count). The van der Waals surface area contributed by atoms with E-state index in [1.165, 1.54) is 4.90 Å². The third-order valence-corrected chi connectivity index (χ3v) is 14.9. The predicted octanol–water partition coefficient (Wildman–Crippen LogP) is 9.42. The number of hydrogen-bond acceptors (Lipinski definition) is 13. The molecule has 0 unspecified atom stereocenters. The first-order chi connectivity index (χ1) is 36.9. The van der Waals surface area contributed by atoms with E-state index in [1.54, 1.807) is 41.9 Å². The fourth-order valence-electron chi connectivity index (χ4n) is 9.54. The molecule has 3 aromatic carbocycles. The van der Waals surface area contributed by atoms with E-state index in [0.29, 0.717) is 42.0 Å². The summed E-state index contributed by atoms with van der Waals surface area (Å²) in [5.41, 5.74) is 6.83. The van der Waals surface area contributed by atoms with Gasteiger partial charge in [-0.15, -0.1) is 11.3 Å². The van der Waals surface area contributed by atoms with Gasteiger partial charge in [-0.3, -0.25) is 24.0 Å². The number of carbonyl (C=O) groups is 5. The van der Waals surface area contributed by atoms with Crippen LogP contribution >= 0.6 is 11.3 Å². The number of rotatable bonds is 25. The van der Waals surface area contributed by atoms with Crippen molar-refractivity contribution in [1.29, 1.82) is 0 Å². The molecular weight excluding hydrogens is 997 g/mol. The Hall–Kier alpha value is -7.31. The number of aryl methyl sites for hydroxylation is 2. The fourth-order valence-corrected chi connectivity index (χ4v) is 10.3. The van der Waals surface area contributed by atoms with Crippen LogP contribution in [0.15, 0.2) is 99.9 Å². The van der Waals surface area contributed by atoms with Crippen molar-refractivity contribution in [2.75, 3.05) is 18.4 Å². The van der Waals surface area contributed by atoms with Crippen molar-refractivity contribution in [2.45, 2.75) is 149 Å². The monoisotopic (exact) mass is 1070 g/mol. The molecule has 0 radical (unpaired) electrons. The number of unbranched alkanes of at least 4 members (excludes halogenated alkanes) is 7. The molecule has 4 heterocycles. The van der Waals surface area contributed by atoms with E-state index in [0.717, 1.165) is 89.6 Å². The molecule has 0 bridgehead atoms. The van der Waals surface area contributed by atoms with Crippen molar-refractivity contribution >= 4 is 57.5 Å². The van der Waals surface area contributed by atoms with Gasteiger partial charge in [0.25, 0.3) is 0 Å². The minimum Gasteiger partial charge on any atom is -0.424 e. The van der Waals surface area contributed by atoms with Crippen LogP contribution in [-0.2, 0) is 30.4 Å². The zero-order valence-electron chi connectivity index (χ0n) is 45.0. The molecule has 1 aliphatic heterocycles. The molecule has 0 aliphatic carbocycles. The van der Waals surface area contributed by atoms with Crippen LogP contribution in [0, 0.1) is 19.3 Å². The number of aromatic nitrogens is 3. The van der Waals surface area contributed by atoms with Crippen molar-refractivity contribution in [2.24, 2.45) is 5.41 Å². The van der Waals surface area contributed by atoms with Crippen LogP contribution in [-0.4, -0.2) is 85.8 Å². The van der Waals surface area contributed by atoms with Gasteiger partial charge in [-0.1, -0.05) is 95.7 Å². The third kappa shape index (κ3) is 16.4. The number of benzene rings is 3. The summed E-state index contributed by atoms with van der Waals surface area (Å²) in [5, 5.41) is 23.2. The molecule has 408 valence electrons. The molecule has 17 nitrogen and oxygen atoms in total. The molecule has 4 atom stereocenters. The van der Waals surface area contributed by atoms with Crippen LogP contribution in [0.2, 0.25) is 0 Å². The summed E-state index contributed by atoms with van der Waals surface area (Å²) in [5.74, 6) is -1.15. The molecule has 1 fully saturated rings. The van der Waals surface area contributed by atoms with Gasteiger partial charge in [0.05, 0.1) is 28.2 Å². The Morgan fingerprint density at radius 1 is 0.818 bits per heavy atom. The Labute approximate surface area is 454 Å². The van der Waals surface area contributed by atoms with E-state index in [1.807, 2.05) is 102 Å². The van der Waals surface area contributed by atoms with Crippen molar-refractivity contribution in [3.63, 3.8) is 0 Å². The molecule has 3 aromatic heterocycles. The number of β-amino-alcohol motifs (C(OH)–C–C–N with tert-alkyl or cyclic N) is 1. The van der Waals surface area contributed by atoms with E-state index >= 15 is 0 Å². The van der Waals surface area contributed by atoms with Gasteiger partial charge in [0.15, 0.2) is 0 Å². The molecule has 0 saturated carbocycles. The highest BCUT2D eigenvalue weighted by atomic mass is 32.1. The SMILES string of the molecule is Cc1ncsc1-c1ccc([C@H](C)NC(=O)[C@@H]2C[C@@H](O)CN2C(=O)[C@@H](NC(=O)CCC(=O)NCCCCCCCCCCC(=O)Nc2cccc(Cc3c(C)c4ccc(Oc5ncccn5)cc4oc3=O)c2)C(C)(C)C)cc1. The second-order valence-corrected chi connectivity index (χ2v) is 21.9. The minimum atomic E-state index is -0.990. The van der Waals surface area contributed by atoms with Crippen LogP contribution < -0.4 is 31.6 Å². The maximum Gasteiger partial charge on any atom is 0.340 e. The number of nitrogens with one attached hydrogen (secondary N) is 4. The van der Waals surface area contributed by atoms with E-state index in [9.17, 15) is 33.9 Å². The predicted molar refractivity (Wildman–Crippen MR) is 297 cm³/mol. The number of likely N-dealkylation sites (tertiary alicyclic amines) is 1. The lowest BCUT2D eigenvalue weighted by atomic mass is 9.85. The zero-order valence-corrected chi connectivity index (χ0v) is 45.8. The van der Waals surface area contributed by atoms with Gasteiger partial charge in [0, 0.05) is 80.3 Å². The molecule has 5 N–H and O–H groups in total. The molecule has 77 heavy (non-hydrogen) atoms. The first kappa shape index (κ1) is 57.4. The Morgan fingerprint density at radius 2 is 1.52 bits per heavy atom. The summed E-state index contributed by atoms with van der Waals surface area (Å²) in [4.78, 5) is 94.5. The van der Waals surface area contributed by atoms with Gasteiger partial charge < -0.3 is 40.4 Å². The lowest BCUT2D eigenvalue weighted by molar-refractivity contribution is -0.144. The summed E-state index contributed by atoms with van der Waals surface area (Å²) in [6.45, 7) is 11.7. The number of aliphatic hydroxyl groups is 1. The first-order valence-corrected chi connectivity index (χ1v) is 27.6. The average Bonchev–Trinajstić information content (AvgIpc) is 4.03. The third-order valence-electron chi connectivity index (χ3n) is 13.9. The average molecular weight is 1070 g/mol. The number of hydrogen-bond donors (Lipinski definition) is 5. The van der Waals surface area contributed by atoms with Gasteiger partial charge in [-0.05, 0) is 91.6 Å². The van der Waals surface area contributed by atoms with Crippen LogP contribution in [0.5, 0.6) is 11.8 Å². The summed E-state index contributed by atoms with van der Waals surface area (Å²) in [7, 11) is 0. The first-order valence-electron chi connectivity index (χ1n) is 26.7. The quantitative estimate of drug-likeness (QED) is 0.0266. The minimum absolute atomic E-state index is 0.0326. The topological polar surface area (TPSA) is 235 Å². The highest BCUT2D eigenvalue weighted by Gasteiger charge is 2.44. The largest absolute Gasteiger partial charge is 0.424 e. The lowest BCUT2D eigenvalue weighted by Crippen LogP contribution is -2.57. The standard InChI is InChI=1S/C59H72N8O9S/c1-37-46-25-24-45(75-58-61-29-16-30-62-58)34-49(46)76-57(74)47(37)32-40-17-15-18-43(31-40)65-51(70)19-13-11-9-7-8-10-12-14-28-60-50(69)26-27-52(71)66-54(59(4,5)6)56(73)67-35-44(68)33-48(67)55(72)64-38(2)41-20-22-42(23-21-41)53-39(3)63-36-77-53/h15-18,20-25,29-31,34,36,38,44,48,54,68H,7-14,19,26-28,32-33,35H2,1-6H3,(H,60,69)(H,64,72)(H,65,70)(H,66,71)/t38-,44+,48-,54+/m0/s1. The normalized spacial score (nSPS) is 15.2. The van der Waals surface area contributed by atoms with Crippen molar-refractivity contribution in [1.82, 2.24) is 35.8 Å². The van der Waals surface area contributed by atoms with Gasteiger partial charge in [-0.2, -0.15) is 0 Å². The van der Waals surface area contributed by atoms with Crippen molar-refractivity contribution < 1.29 is 38.2 Å². The second kappa shape index (κ2) is 27.1. The molecule has 1 saturated heterocycles. The highest BCUT2D eigenvalue weighted by Crippen LogP contribution is 2.31. The summed E-state index contributed by atoms with van der Waals surface area (Å²) >= 11 is 1.57. The number of amides is 5. The molecule has 1 aliphatic rings. The number of thiazole rings is 1. The van der Waals surface area contributed by atoms with Crippen LogP contribution in [0.3, 0.4) is 0 Å². The Balaban J connectivity index is 0.739. The maximum atomic E-state index is 14.1. The van der Waals surface area contributed by atoms with E-state index in [4.69, 9.17) is 9.15 Å². The van der Waals surface area contributed by atoms with Gasteiger partial charge in [0.1, 0.15) is 23.4 Å². The number of nitrogens with zero attached hydrogens (tertiary/aromatic N) is 4. The van der Waals surface area contributed by atoms with Gasteiger partial charge in [0.2, 0.25) is 29.5 Å². The van der Waals surface area contributed by atoms with E-state index in [2.05, 4.69) is 36.2 Å². The van der Waals surface area contributed by atoms with Crippen LogP contribution in [0.4, 0.5) is 5.69 Å². The molecule has 5 amide bonds. The Kier molecular flexibility index (Phi) is 20.2.